The first-order valence-electron chi connectivity index (χ1n) is 4.92. The molecule has 0 saturated heterocycles. The van der Waals surface area contributed by atoms with E-state index in [1.807, 2.05) is 0 Å². The van der Waals surface area contributed by atoms with E-state index >= 15 is 0 Å². The third-order valence-electron chi connectivity index (χ3n) is 2.15. The van der Waals surface area contributed by atoms with E-state index in [1.165, 1.54) is 0 Å². The van der Waals surface area contributed by atoms with E-state index in [-0.39, 0.29) is 13.2 Å². The van der Waals surface area contributed by atoms with Crippen molar-refractivity contribution in [1.82, 2.24) is 0 Å². The summed E-state index contributed by atoms with van der Waals surface area (Å²) in [6, 6.07) is 5.33. The molecular formula is C11H14F3NO. The van der Waals surface area contributed by atoms with Crippen LogP contribution in [0.4, 0.5) is 13.2 Å². The number of para-hydroxylation sites is 1. The molecule has 0 aliphatic heterocycles. The molecule has 1 aromatic carbocycles. The molecule has 0 aliphatic carbocycles. The van der Waals surface area contributed by atoms with Gasteiger partial charge in [-0.2, -0.15) is 13.2 Å². The normalized spacial score (nSPS) is 11.6. The molecular weight excluding hydrogens is 219 g/mol. The van der Waals surface area contributed by atoms with E-state index in [9.17, 15) is 13.2 Å². The van der Waals surface area contributed by atoms with Crippen molar-refractivity contribution < 1.29 is 17.9 Å². The Bertz CT molecular complexity index is 350. The van der Waals surface area contributed by atoms with Crippen molar-refractivity contribution in [2.75, 3.05) is 6.61 Å². The Morgan fingerprint density at radius 1 is 1.31 bits per heavy atom. The van der Waals surface area contributed by atoms with Crippen LogP contribution in [0.3, 0.4) is 0 Å². The molecule has 2 nitrogen and oxygen atoms in total. The van der Waals surface area contributed by atoms with Crippen molar-refractivity contribution in [3.8, 4) is 5.75 Å². The Morgan fingerprint density at radius 2 is 2.00 bits per heavy atom. The van der Waals surface area contributed by atoms with Crippen molar-refractivity contribution in [2.45, 2.75) is 26.1 Å². The van der Waals surface area contributed by atoms with Crippen LogP contribution in [0.2, 0.25) is 0 Å². The fourth-order valence-corrected chi connectivity index (χ4v) is 1.35. The van der Waals surface area contributed by atoms with Crippen LogP contribution in [0.5, 0.6) is 5.75 Å². The van der Waals surface area contributed by atoms with Crippen LogP contribution in [0.1, 0.15) is 17.5 Å². The van der Waals surface area contributed by atoms with Gasteiger partial charge in [-0.05, 0) is 12.5 Å². The molecule has 1 aromatic rings. The van der Waals surface area contributed by atoms with Crippen molar-refractivity contribution in [3.05, 3.63) is 29.3 Å². The van der Waals surface area contributed by atoms with Gasteiger partial charge in [-0.25, -0.2) is 0 Å². The van der Waals surface area contributed by atoms with Gasteiger partial charge in [0.1, 0.15) is 5.75 Å². The second kappa shape index (κ2) is 5.21. The number of hydrogen-bond acceptors (Lipinski definition) is 2. The van der Waals surface area contributed by atoms with Crippen LogP contribution in [0.15, 0.2) is 18.2 Å². The second-order valence-electron chi connectivity index (χ2n) is 3.48. The van der Waals surface area contributed by atoms with Gasteiger partial charge >= 0.3 is 6.18 Å². The van der Waals surface area contributed by atoms with Gasteiger partial charge in [-0.3, -0.25) is 0 Å². The zero-order valence-corrected chi connectivity index (χ0v) is 8.97. The van der Waals surface area contributed by atoms with Gasteiger partial charge in [0.05, 0.1) is 13.0 Å². The lowest BCUT2D eigenvalue weighted by Gasteiger charge is -2.13. The van der Waals surface area contributed by atoms with E-state index in [0.29, 0.717) is 5.75 Å². The largest absolute Gasteiger partial charge is 0.493 e. The van der Waals surface area contributed by atoms with Crippen molar-refractivity contribution in [1.29, 1.82) is 0 Å². The number of benzene rings is 1. The highest BCUT2D eigenvalue weighted by Gasteiger charge is 2.27. The molecule has 0 radical (unpaired) electrons. The molecule has 0 unspecified atom stereocenters. The molecule has 0 fully saturated rings. The smallest absolute Gasteiger partial charge is 0.392 e. The average molecular weight is 233 g/mol. The van der Waals surface area contributed by atoms with Crippen molar-refractivity contribution in [3.63, 3.8) is 0 Å². The molecule has 0 aliphatic rings. The van der Waals surface area contributed by atoms with E-state index < -0.39 is 12.6 Å². The summed E-state index contributed by atoms with van der Waals surface area (Å²) in [5, 5.41) is 0. The topological polar surface area (TPSA) is 35.2 Å². The third-order valence-corrected chi connectivity index (χ3v) is 2.15. The zero-order valence-electron chi connectivity index (χ0n) is 8.97. The summed E-state index contributed by atoms with van der Waals surface area (Å²) in [7, 11) is 0. The Morgan fingerprint density at radius 3 is 2.56 bits per heavy atom. The number of ether oxygens (including phenoxy) is 1. The second-order valence-corrected chi connectivity index (χ2v) is 3.48. The maximum atomic E-state index is 11.9. The number of rotatable bonds is 4. The number of alkyl halides is 3. The van der Waals surface area contributed by atoms with Gasteiger partial charge in [0.25, 0.3) is 0 Å². The number of nitrogens with two attached hydrogens (primary N) is 1. The van der Waals surface area contributed by atoms with E-state index in [2.05, 4.69) is 0 Å². The summed E-state index contributed by atoms with van der Waals surface area (Å²) < 4.78 is 40.9. The van der Waals surface area contributed by atoms with Gasteiger partial charge in [0, 0.05) is 12.1 Å². The highest BCUT2D eigenvalue weighted by molar-refractivity contribution is 5.40. The van der Waals surface area contributed by atoms with Gasteiger partial charge in [-0.15, -0.1) is 0 Å². The predicted molar refractivity (Wildman–Crippen MR) is 55.2 cm³/mol. The van der Waals surface area contributed by atoms with Gasteiger partial charge in [-0.1, -0.05) is 18.2 Å². The van der Waals surface area contributed by atoms with Crippen LogP contribution >= 0.6 is 0 Å². The van der Waals surface area contributed by atoms with E-state index in [1.54, 1.807) is 25.1 Å². The Hall–Kier alpha value is -1.23. The first-order chi connectivity index (χ1) is 7.44. The highest BCUT2D eigenvalue weighted by Crippen LogP contribution is 2.25. The fraction of sp³-hybridized carbons (Fsp3) is 0.455. The van der Waals surface area contributed by atoms with Crippen molar-refractivity contribution >= 4 is 0 Å². The molecule has 0 saturated carbocycles. The molecule has 1 rings (SSSR count). The van der Waals surface area contributed by atoms with Gasteiger partial charge in [0.15, 0.2) is 0 Å². The van der Waals surface area contributed by atoms with E-state index in [0.717, 1.165) is 11.1 Å². The summed E-state index contributed by atoms with van der Waals surface area (Å²) >= 11 is 0. The summed E-state index contributed by atoms with van der Waals surface area (Å²) in [4.78, 5) is 0. The van der Waals surface area contributed by atoms with Crippen molar-refractivity contribution in [2.24, 2.45) is 5.73 Å². The number of aryl methyl sites for hydroxylation is 1. The SMILES string of the molecule is Cc1cccc(CN)c1OCCC(F)(F)F. The highest BCUT2D eigenvalue weighted by atomic mass is 19.4. The van der Waals surface area contributed by atoms with Crippen LogP contribution in [0.25, 0.3) is 0 Å². The predicted octanol–water partition coefficient (Wildman–Crippen LogP) is 2.78. The Kier molecular flexibility index (Phi) is 4.18. The lowest BCUT2D eigenvalue weighted by atomic mass is 10.1. The summed E-state index contributed by atoms with van der Waals surface area (Å²) in [6.45, 7) is 1.66. The monoisotopic (exact) mass is 233 g/mol. The molecule has 0 amide bonds. The summed E-state index contributed by atoms with van der Waals surface area (Å²) in [6.07, 6.45) is -5.14. The average Bonchev–Trinajstić information content (AvgIpc) is 2.18. The van der Waals surface area contributed by atoms with Crippen LogP contribution in [-0.2, 0) is 6.54 Å². The summed E-state index contributed by atoms with van der Waals surface area (Å²) in [5.74, 6) is 0.467. The summed E-state index contributed by atoms with van der Waals surface area (Å²) in [5.41, 5.74) is 7.00. The number of halogens is 3. The lowest BCUT2D eigenvalue weighted by Crippen LogP contribution is -2.14. The van der Waals surface area contributed by atoms with Gasteiger partial charge < -0.3 is 10.5 Å². The molecule has 90 valence electrons. The molecule has 16 heavy (non-hydrogen) atoms. The molecule has 2 N–H and O–H groups in total. The number of hydrogen-bond donors (Lipinski definition) is 1. The minimum Gasteiger partial charge on any atom is -0.493 e. The maximum absolute atomic E-state index is 11.9. The molecule has 5 heteroatoms. The fourth-order valence-electron chi connectivity index (χ4n) is 1.35. The maximum Gasteiger partial charge on any atom is 0.392 e. The molecule has 0 atom stereocenters. The molecule has 0 bridgehead atoms. The standard InChI is InChI=1S/C11H14F3NO/c1-8-3-2-4-9(7-15)10(8)16-6-5-11(12,13)14/h2-4H,5-7,15H2,1H3. The Balaban J connectivity index is 2.66. The third kappa shape index (κ3) is 3.73. The quantitative estimate of drug-likeness (QED) is 0.867. The molecule has 0 heterocycles. The first kappa shape index (κ1) is 12.8. The Labute approximate surface area is 92.2 Å². The minimum absolute atomic E-state index is 0.253. The lowest BCUT2D eigenvalue weighted by molar-refractivity contribution is -0.139. The van der Waals surface area contributed by atoms with E-state index in [4.69, 9.17) is 10.5 Å². The first-order valence-corrected chi connectivity index (χ1v) is 4.92. The van der Waals surface area contributed by atoms with Crippen LogP contribution in [-0.4, -0.2) is 12.8 Å². The van der Waals surface area contributed by atoms with Crippen LogP contribution in [0, 0.1) is 6.92 Å². The van der Waals surface area contributed by atoms with Gasteiger partial charge in [0.2, 0.25) is 0 Å². The zero-order chi connectivity index (χ0) is 12.2. The minimum atomic E-state index is -4.19. The molecule has 0 aromatic heterocycles. The molecule has 0 spiro atoms. The van der Waals surface area contributed by atoms with Crippen LogP contribution < -0.4 is 10.5 Å².